The number of hydrazine groups is 1. The Morgan fingerprint density at radius 2 is 1.89 bits per heavy atom. The van der Waals surface area contributed by atoms with Gasteiger partial charge >= 0.3 is 0 Å². The zero-order valence-corrected chi connectivity index (χ0v) is 10.9. The summed E-state index contributed by atoms with van der Waals surface area (Å²) in [5.41, 5.74) is 3.06. The average molecular weight is 317 g/mol. The largest absolute Gasteiger partial charge is 0.453 e. The molecule has 3 N–H and O–H groups in total. The number of furan rings is 1. The van der Waals surface area contributed by atoms with Gasteiger partial charge in [0.1, 0.15) is 17.4 Å². The molecule has 2 aromatic rings. The molecule has 0 spiro atoms. The van der Waals surface area contributed by atoms with Crippen molar-refractivity contribution in [3.05, 3.63) is 58.0 Å². The predicted octanol–water partition coefficient (Wildman–Crippen LogP) is 3.07. The van der Waals surface area contributed by atoms with Crippen LogP contribution in [0, 0.1) is 11.6 Å². The van der Waals surface area contributed by atoms with Crippen LogP contribution in [0.3, 0.4) is 0 Å². The van der Waals surface area contributed by atoms with Crippen LogP contribution in [0.15, 0.2) is 39.4 Å². The second-order valence-corrected chi connectivity index (χ2v) is 4.62. The van der Waals surface area contributed by atoms with Gasteiger partial charge in [0.2, 0.25) is 0 Å². The fraction of sp³-hybridized carbons (Fsp3) is 0.167. The molecule has 0 fully saturated rings. The molecular formula is C12H11BrF2N2O. The molecule has 18 heavy (non-hydrogen) atoms. The molecule has 1 unspecified atom stereocenters. The summed E-state index contributed by atoms with van der Waals surface area (Å²) in [4.78, 5) is 0. The van der Waals surface area contributed by atoms with E-state index < -0.39 is 11.6 Å². The molecule has 1 heterocycles. The lowest BCUT2D eigenvalue weighted by molar-refractivity contribution is 0.404. The zero-order chi connectivity index (χ0) is 13.1. The third kappa shape index (κ3) is 3.16. The highest BCUT2D eigenvalue weighted by Gasteiger charge is 2.15. The fourth-order valence-corrected chi connectivity index (χ4v) is 2.04. The minimum absolute atomic E-state index is 0.325. The molecule has 0 amide bonds. The van der Waals surface area contributed by atoms with Gasteiger partial charge in [0.05, 0.1) is 6.04 Å². The lowest BCUT2D eigenvalue weighted by atomic mass is 10.0. The molecule has 2 rings (SSSR count). The van der Waals surface area contributed by atoms with Crippen molar-refractivity contribution in [1.82, 2.24) is 5.43 Å². The van der Waals surface area contributed by atoms with E-state index in [-0.39, 0.29) is 6.04 Å². The Morgan fingerprint density at radius 3 is 2.39 bits per heavy atom. The number of nitrogens with two attached hydrogens (primary N) is 1. The van der Waals surface area contributed by atoms with E-state index in [1.54, 1.807) is 12.1 Å². The Hall–Kier alpha value is -1.24. The second-order valence-electron chi connectivity index (χ2n) is 3.84. The minimum atomic E-state index is -0.610. The lowest BCUT2D eigenvalue weighted by Crippen LogP contribution is -2.29. The van der Waals surface area contributed by atoms with Crippen molar-refractivity contribution in [2.24, 2.45) is 5.84 Å². The molecule has 0 saturated carbocycles. The van der Waals surface area contributed by atoms with Crippen molar-refractivity contribution >= 4 is 15.9 Å². The van der Waals surface area contributed by atoms with E-state index in [2.05, 4.69) is 21.4 Å². The SMILES string of the molecule is NNC(Cc1cc(F)cc(F)c1)c1ccc(Br)o1. The van der Waals surface area contributed by atoms with Crippen molar-refractivity contribution in [3.63, 3.8) is 0 Å². The van der Waals surface area contributed by atoms with Gasteiger partial charge < -0.3 is 4.42 Å². The molecule has 0 aliphatic heterocycles. The summed E-state index contributed by atoms with van der Waals surface area (Å²) in [5, 5.41) is 0. The van der Waals surface area contributed by atoms with Gasteiger partial charge in [-0.1, -0.05) is 0 Å². The maximum Gasteiger partial charge on any atom is 0.169 e. The van der Waals surface area contributed by atoms with Crippen LogP contribution in [0.25, 0.3) is 0 Å². The molecule has 0 radical (unpaired) electrons. The van der Waals surface area contributed by atoms with Gasteiger partial charge in [-0.2, -0.15) is 0 Å². The van der Waals surface area contributed by atoms with Gasteiger partial charge in [0.15, 0.2) is 4.67 Å². The molecular weight excluding hydrogens is 306 g/mol. The second kappa shape index (κ2) is 5.60. The molecule has 0 aliphatic rings. The van der Waals surface area contributed by atoms with Crippen molar-refractivity contribution in [1.29, 1.82) is 0 Å². The highest BCUT2D eigenvalue weighted by molar-refractivity contribution is 9.10. The van der Waals surface area contributed by atoms with E-state index in [4.69, 9.17) is 10.3 Å². The quantitative estimate of drug-likeness (QED) is 0.673. The molecule has 96 valence electrons. The first-order chi connectivity index (χ1) is 8.58. The van der Waals surface area contributed by atoms with E-state index >= 15 is 0 Å². The maximum atomic E-state index is 13.1. The van der Waals surface area contributed by atoms with Crippen LogP contribution < -0.4 is 11.3 Å². The zero-order valence-electron chi connectivity index (χ0n) is 9.29. The van der Waals surface area contributed by atoms with Crippen molar-refractivity contribution in [2.45, 2.75) is 12.5 Å². The number of hydrogen-bond donors (Lipinski definition) is 2. The first kappa shape index (κ1) is 13.2. The third-order valence-electron chi connectivity index (χ3n) is 2.50. The van der Waals surface area contributed by atoms with Crippen molar-refractivity contribution in [2.75, 3.05) is 0 Å². The fourth-order valence-electron chi connectivity index (χ4n) is 1.72. The molecule has 0 bridgehead atoms. The normalized spacial score (nSPS) is 12.7. The summed E-state index contributed by atoms with van der Waals surface area (Å²) in [6.07, 6.45) is 0.325. The van der Waals surface area contributed by atoms with E-state index in [0.29, 0.717) is 22.4 Å². The predicted molar refractivity (Wildman–Crippen MR) is 66.5 cm³/mol. The summed E-state index contributed by atoms with van der Waals surface area (Å²) in [7, 11) is 0. The average Bonchev–Trinajstić information content (AvgIpc) is 2.71. The Labute approximate surface area is 111 Å². The number of benzene rings is 1. The third-order valence-corrected chi connectivity index (χ3v) is 2.93. The molecule has 1 aromatic heterocycles. The maximum absolute atomic E-state index is 13.1. The van der Waals surface area contributed by atoms with Crippen molar-refractivity contribution in [3.8, 4) is 0 Å². The summed E-state index contributed by atoms with van der Waals surface area (Å²) < 4.78 is 32.1. The Bertz CT molecular complexity index is 524. The van der Waals surface area contributed by atoms with Gasteiger partial charge in [0.25, 0.3) is 0 Å². The van der Waals surface area contributed by atoms with Crippen LogP contribution in [0.4, 0.5) is 8.78 Å². The van der Waals surface area contributed by atoms with E-state index in [1.165, 1.54) is 12.1 Å². The van der Waals surface area contributed by atoms with Crippen LogP contribution in [-0.4, -0.2) is 0 Å². The summed E-state index contributed by atoms with van der Waals surface area (Å²) in [6, 6.07) is 6.49. The van der Waals surface area contributed by atoms with E-state index in [1.807, 2.05) is 0 Å². The first-order valence-electron chi connectivity index (χ1n) is 5.25. The van der Waals surface area contributed by atoms with Crippen LogP contribution >= 0.6 is 15.9 Å². The number of hydrogen-bond acceptors (Lipinski definition) is 3. The van der Waals surface area contributed by atoms with E-state index in [9.17, 15) is 8.78 Å². The molecule has 6 heteroatoms. The first-order valence-corrected chi connectivity index (χ1v) is 6.04. The molecule has 1 aromatic carbocycles. The molecule has 1 atom stereocenters. The topological polar surface area (TPSA) is 51.2 Å². The smallest absolute Gasteiger partial charge is 0.169 e. The standard InChI is InChI=1S/C12H11BrF2N2O/c13-12-2-1-11(18-12)10(17-16)5-7-3-8(14)6-9(15)4-7/h1-4,6,10,17H,5,16H2. The number of halogens is 3. The highest BCUT2D eigenvalue weighted by Crippen LogP contribution is 2.23. The van der Waals surface area contributed by atoms with Gasteiger partial charge in [0, 0.05) is 6.07 Å². The van der Waals surface area contributed by atoms with E-state index in [0.717, 1.165) is 6.07 Å². The molecule has 0 aliphatic carbocycles. The number of nitrogens with one attached hydrogen (secondary N) is 1. The summed E-state index contributed by atoms with van der Waals surface area (Å²) in [6.45, 7) is 0. The van der Waals surface area contributed by atoms with Crippen LogP contribution in [0.5, 0.6) is 0 Å². The molecule has 0 saturated heterocycles. The van der Waals surface area contributed by atoms with Crippen LogP contribution in [-0.2, 0) is 6.42 Å². The number of rotatable bonds is 4. The van der Waals surface area contributed by atoms with Gasteiger partial charge in [-0.05, 0) is 52.2 Å². The Kier molecular flexibility index (Phi) is 4.11. The van der Waals surface area contributed by atoms with Gasteiger partial charge in [-0.3, -0.25) is 5.84 Å². The summed E-state index contributed by atoms with van der Waals surface area (Å²) >= 11 is 3.18. The highest BCUT2D eigenvalue weighted by atomic mass is 79.9. The Morgan fingerprint density at radius 1 is 1.22 bits per heavy atom. The minimum Gasteiger partial charge on any atom is -0.453 e. The van der Waals surface area contributed by atoms with Gasteiger partial charge in [-0.15, -0.1) is 0 Å². The van der Waals surface area contributed by atoms with Crippen LogP contribution in [0.1, 0.15) is 17.4 Å². The summed E-state index contributed by atoms with van der Waals surface area (Å²) in [5.74, 6) is 4.80. The van der Waals surface area contributed by atoms with Gasteiger partial charge in [-0.25, -0.2) is 14.2 Å². The van der Waals surface area contributed by atoms with Crippen LogP contribution in [0.2, 0.25) is 0 Å². The Balaban J connectivity index is 2.20. The lowest BCUT2D eigenvalue weighted by Gasteiger charge is -2.13. The van der Waals surface area contributed by atoms with Crippen molar-refractivity contribution < 1.29 is 13.2 Å². The monoisotopic (exact) mass is 316 g/mol. The molecule has 3 nitrogen and oxygen atoms in total.